The van der Waals surface area contributed by atoms with Crippen LogP contribution in [-0.2, 0) is 4.74 Å². The average Bonchev–Trinajstić information content (AvgIpc) is 2.71. The number of nitrogens with one attached hydrogen (secondary N) is 1. The smallest absolute Gasteiger partial charge is 0.0969 e. The zero-order chi connectivity index (χ0) is 12.1. The molecule has 0 fully saturated rings. The van der Waals surface area contributed by atoms with Crippen LogP contribution in [0.25, 0.3) is 0 Å². The van der Waals surface area contributed by atoms with E-state index in [0.29, 0.717) is 12.0 Å². The Morgan fingerprint density at radius 1 is 1.44 bits per heavy atom. The summed E-state index contributed by atoms with van der Waals surface area (Å²) in [7, 11) is 1.75. The molecule has 3 atom stereocenters. The Kier molecular flexibility index (Phi) is 5.38. The highest BCUT2D eigenvalue weighted by Gasteiger charge is 2.14. The molecule has 1 heterocycles. The van der Waals surface area contributed by atoms with Gasteiger partial charge in [-0.05, 0) is 20.8 Å². The first-order valence-corrected chi connectivity index (χ1v) is 6.60. The molecule has 1 aromatic heterocycles. The summed E-state index contributed by atoms with van der Waals surface area (Å²) in [4.78, 5) is 4.50. The highest BCUT2D eigenvalue weighted by atomic mass is 32.1. The van der Waals surface area contributed by atoms with Gasteiger partial charge in [0.05, 0.1) is 11.1 Å². The summed E-state index contributed by atoms with van der Waals surface area (Å²) >= 11 is 1.74. The summed E-state index contributed by atoms with van der Waals surface area (Å²) in [6, 6.07) is 0.369. The Balaban J connectivity index is 2.38. The lowest BCUT2D eigenvalue weighted by Crippen LogP contribution is -2.38. The minimum absolute atomic E-state index is 0.241. The van der Waals surface area contributed by atoms with Gasteiger partial charge in [-0.2, -0.15) is 0 Å². The molecule has 0 spiro atoms. The Morgan fingerprint density at radius 3 is 2.62 bits per heavy atom. The van der Waals surface area contributed by atoms with Crippen LogP contribution in [0.5, 0.6) is 0 Å². The largest absolute Gasteiger partial charge is 0.380 e. The molecule has 0 aliphatic carbocycles. The van der Waals surface area contributed by atoms with E-state index in [1.165, 1.54) is 5.01 Å². The van der Waals surface area contributed by atoms with Gasteiger partial charge in [-0.1, -0.05) is 6.92 Å². The number of hydrogen-bond donors (Lipinski definition) is 1. The predicted molar refractivity (Wildman–Crippen MR) is 69.2 cm³/mol. The first-order valence-electron chi connectivity index (χ1n) is 5.72. The SMILES string of the molecule is COC(C)C(C)NCC(C)c1nc(C)cs1. The lowest BCUT2D eigenvalue weighted by atomic mass is 10.1. The number of hydrogen-bond acceptors (Lipinski definition) is 4. The molecule has 0 aliphatic rings. The molecule has 0 aliphatic heterocycles. The molecule has 1 N–H and O–H groups in total. The summed E-state index contributed by atoms with van der Waals surface area (Å²) in [5.74, 6) is 0.463. The molecule has 0 amide bonds. The van der Waals surface area contributed by atoms with Crippen molar-refractivity contribution in [1.82, 2.24) is 10.3 Å². The third-order valence-electron chi connectivity index (χ3n) is 2.88. The van der Waals surface area contributed by atoms with Crippen molar-refractivity contribution in [3.8, 4) is 0 Å². The van der Waals surface area contributed by atoms with Crippen LogP contribution in [0.3, 0.4) is 0 Å². The molecule has 0 saturated carbocycles. The number of aryl methyl sites for hydroxylation is 1. The van der Waals surface area contributed by atoms with E-state index in [1.807, 2.05) is 6.92 Å². The minimum Gasteiger partial charge on any atom is -0.380 e. The fourth-order valence-corrected chi connectivity index (χ4v) is 2.27. The van der Waals surface area contributed by atoms with Gasteiger partial charge in [-0.25, -0.2) is 4.98 Å². The number of aromatic nitrogens is 1. The van der Waals surface area contributed by atoms with E-state index < -0.39 is 0 Å². The van der Waals surface area contributed by atoms with Gasteiger partial charge in [0.1, 0.15) is 0 Å². The third kappa shape index (κ3) is 3.85. The second kappa shape index (κ2) is 6.33. The molecule has 16 heavy (non-hydrogen) atoms. The first-order chi connectivity index (χ1) is 7.54. The van der Waals surface area contributed by atoms with E-state index in [1.54, 1.807) is 18.4 Å². The van der Waals surface area contributed by atoms with Gasteiger partial charge in [0.15, 0.2) is 0 Å². The molecule has 4 heteroatoms. The molecule has 0 radical (unpaired) electrons. The molecule has 1 rings (SSSR count). The average molecular weight is 242 g/mol. The van der Waals surface area contributed by atoms with Crippen molar-refractivity contribution < 1.29 is 4.74 Å². The molecular formula is C12H22N2OS. The van der Waals surface area contributed by atoms with Gasteiger partial charge in [0.25, 0.3) is 0 Å². The molecule has 1 aromatic rings. The van der Waals surface area contributed by atoms with Crippen LogP contribution >= 0.6 is 11.3 Å². The quantitative estimate of drug-likeness (QED) is 0.832. The van der Waals surface area contributed by atoms with Crippen molar-refractivity contribution in [1.29, 1.82) is 0 Å². The summed E-state index contributed by atoms with van der Waals surface area (Å²) in [6.07, 6.45) is 0.241. The van der Waals surface area contributed by atoms with Gasteiger partial charge in [-0.15, -0.1) is 11.3 Å². The van der Waals surface area contributed by atoms with Crippen LogP contribution in [0.15, 0.2) is 5.38 Å². The first kappa shape index (κ1) is 13.6. The van der Waals surface area contributed by atoms with Gasteiger partial charge in [0.2, 0.25) is 0 Å². The van der Waals surface area contributed by atoms with E-state index in [-0.39, 0.29) is 6.10 Å². The van der Waals surface area contributed by atoms with Gasteiger partial charge >= 0.3 is 0 Å². The van der Waals surface area contributed by atoms with E-state index in [4.69, 9.17) is 4.74 Å². The number of ether oxygens (including phenoxy) is 1. The van der Waals surface area contributed by atoms with E-state index in [9.17, 15) is 0 Å². The lowest BCUT2D eigenvalue weighted by Gasteiger charge is -2.21. The van der Waals surface area contributed by atoms with Crippen molar-refractivity contribution in [2.24, 2.45) is 0 Å². The maximum absolute atomic E-state index is 5.28. The standard InChI is InChI=1S/C12H22N2OS/c1-8(12-14-9(2)7-16-12)6-13-10(3)11(4)15-5/h7-8,10-11,13H,6H2,1-5H3. The monoisotopic (exact) mass is 242 g/mol. The summed E-state index contributed by atoms with van der Waals surface area (Å²) in [6.45, 7) is 9.41. The van der Waals surface area contributed by atoms with Crippen molar-refractivity contribution >= 4 is 11.3 Å². The predicted octanol–water partition coefficient (Wildman–Crippen LogP) is 2.57. The minimum atomic E-state index is 0.241. The molecule has 3 nitrogen and oxygen atoms in total. The summed E-state index contributed by atoms with van der Waals surface area (Å²) in [5.41, 5.74) is 1.12. The maximum Gasteiger partial charge on any atom is 0.0969 e. The topological polar surface area (TPSA) is 34.1 Å². The Morgan fingerprint density at radius 2 is 2.12 bits per heavy atom. The van der Waals surface area contributed by atoms with Crippen molar-refractivity contribution in [2.75, 3.05) is 13.7 Å². The zero-order valence-electron chi connectivity index (χ0n) is 10.8. The van der Waals surface area contributed by atoms with E-state index in [2.05, 4.69) is 36.5 Å². The van der Waals surface area contributed by atoms with Gasteiger partial charge < -0.3 is 10.1 Å². The second-order valence-electron chi connectivity index (χ2n) is 4.37. The van der Waals surface area contributed by atoms with E-state index >= 15 is 0 Å². The fourth-order valence-electron chi connectivity index (χ4n) is 1.42. The van der Waals surface area contributed by atoms with Gasteiger partial charge in [0, 0.05) is 36.7 Å². The van der Waals surface area contributed by atoms with Crippen molar-refractivity contribution in [3.63, 3.8) is 0 Å². The van der Waals surface area contributed by atoms with Crippen molar-refractivity contribution in [3.05, 3.63) is 16.1 Å². The Hall–Kier alpha value is -0.450. The highest BCUT2D eigenvalue weighted by Crippen LogP contribution is 2.19. The number of thiazole rings is 1. The normalized spacial score (nSPS) is 17.1. The lowest BCUT2D eigenvalue weighted by molar-refractivity contribution is 0.0884. The maximum atomic E-state index is 5.28. The molecule has 0 bridgehead atoms. The molecule has 0 saturated heterocycles. The van der Waals surface area contributed by atoms with Crippen LogP contribution in [0.4, 0.5) is 0 Å². The van der Waals surface area contributed by atoms with Crippen molar-refractivity contribution in [2.45, 2.75) is 45.8 Å². The highest BCUT2D eigenvalue weighted by molar-refractivity contribution is 7.09. The molecule has 92 valence electrons. The summed E-state index contributed by atoms with van der Waals surface area (Å²) < 4.78 is 5.28. The number of rotatable bonds is 6. The van der Waals surface area contributed by atoms with Crippen LogP contribution in [0.2, 0.25) is 0 Å². The second-order valence-corrected chi connectivity index (χ2v) is 5.26. The number of nitrogens with zero attached hydrogens (tertiary/aromatic N) is 1. The van der Waals surface area contributed by atoms with Crippen LogP contribution < -0.4 is 5.32 Å². The fraction of sp³-hybridized carbons (Fsp3) is 0.750. The molecule has 0 aromatic carbocycles. The number of methoxy groups -OCH3 is 1. The molecular weight excluding hydrogens is 220 g/mol. The summed E-state index contributed by atoms with van der Waals surface area (Å²) in [5, 5.41) is 6.80. The Labute approximate surface area is 102 Å². The third-order valence-corrected chi connectivity index (χ3v) is 4.07. The van der Waals surface area contributed by atoms with Crippen LogP contribution in [-0.4, -0.2) is 30.8 Å². The van der Waals surface area contributed by atoms with E-state index in [0.717, 1.165) is 12.2 Å². The van der Waals surface area contributed by atoms with Crippen LogP contribution in [0, 0.1) is 6.92 Å². The molecule has 3 unspecified atom stereocenters. The van der Waals surface area contributed by atoms with Gasteiger partial charge in [-0.3, -0.25) is 0 Å². The van der Waals surface area contributed by atoms with Crippen LogP contribution in [0.1, 0.15) is 37.4 Å². The Bertz CT molecular complexity index is 314. The zero-order valence-corrected chi connectivity index (χ0v) is 11.6.